The molecule has 0 amide bonds. The van der Waals surface area contributed by atoms with Gasteiger partial charge in [0, 0.05) is 18.1 Å². The largest absolute Gasteiger partial charge is 0.394 e. The Hall–Kier alpha value is -2.16. The van der Waals surface area contributed by atoms with Crippen LogP contribution < -0.4 is 10.6 Å². The number of hydrogen-bond donors (Lipinski definition) is 3. The molecule has 1 aromatic carbocycles. The Balaban J connectivity index is 1.97. The summed E-state index contributed by atoms with van der Waals surface area (Å²) in [6, 6.07) is 2.41. The molecule has 0 bridgehead atoms. The molecule has 0 aliphatic carbocycles. The average Bonchev–Trinajstić information content (AvgIpc) is 2.86. The Labute approximate surface area is 152 Å². The van der Waals surface area contributed by atoms with Crippen molar-refractivity contribution < 1.29 is 9.50 Å². The van der Waals surface area contributed by atoms with Crippen LogP contribution in [-0.2, 0) is 7.05 Å². The van der Waals surface area contributed by atoms with Crippen LogP contribution >= 0.6 is 23.2 Å². The molecule has 0 fully saturated rings. The predicted molar refractivity (Wildman–Crippen MR) is 96.2 cm³/mol. The van der Waals surface area contributed by atoms with Gasteiger partial charge in [-0.05, 0) is 19.1 Å². The molecule has 132 valence electrons. The third kappa shape index (κ3) is 3.60. The van der Waals surface area contributed by atoms with Crippen LogP contribution in [0, 0.1) is 5.82 Å². The molecule has 2 aromatic heterocycles. The van der Waals surface area contributed by atoms with Gasteiger partial charge in [0.1, 0.15) is 11.3 Å². The fourth-order valence-electron chi connectivity index (χ4n) is 2.20. The molecule has 0 radical (unpaired) electrons. The first kappa shape index (κ1) is 17.7. The van der Waals surface area contributed by atoms with E-state index >= 15 is 0 Å². The summed E-state index contributed by atoms with van der Waals surface area (Å²) in [5.41, 5.74) is 1.14. The van der Waals surface area contributed by atoms with Crippen LogP contribution in [-0.4, -0.2) is 37.3 Å². The van der Waals surface area contributed by atoms with Gasteiger partial charge in [-0.3, -0.25) is 4.57 Å². The Morgan fingerprint density at radius 2 is 2.08 bits per heavy atom. The van der Waals surface area contributed by atoms with Crippen molar-refractivity contribution in [3.8, 4) is 0 Å². The molecule has 0 saturated carbocycles. The minimum Gasteiger partial charge on any atom is -0.394 e. The first-order valence-corrected chi connectivity index (χ1v) is 8.13. The minimum atomic E-state index is -0.588. The van der Waals surface area contributed by atoms with Crippen LogP contribution in [0.3, 0.4) is 0 Å². The summed E-state index contributed by atoms with van der Waals surface area (Å²) < 4.78 is 15.7. The minimum absolute atomic E-state index is 0.0477. The lowest BCUT2D eigenvalue weighted by Gasteiger charge is -2.10. The van der Waals surface area contributed by atoms with Crippen LogP contribution in [0.1, 0.15) is 6.92 Å². The fourth-order valence-corrected chi connectivity index (χ4v) is 2.72. The zero-order valence-corrected chi connectivity index (χ0v) is 14.9. The van der Waals surface area contributed by atoms with Crippen LogP contribution in [0.25, 0.3) is 11.2 Å². The lowest BCUT2D eigenvalue weighted by Crippen LogP contribution is -2.20. The topological polar surface area (TPSA) is 87.9 Å². The summed E-state index contributed by atoms with van der Waals surface area (Å²) in [4.78, 5) is 12.9. The van der Waals surface area contributed by atoms with E-state index in [0.717, 1.165) is 6.07 Å². The van der Waals surface area contributed by atoms with Crippen molar-refractivity contribution in [1.82, 2.24) is 19.5 Å². The van der Waals surface area contributed by atoms with E-state index in [1.165, 1.54) is 6.07 Å². The Morgan fingerprint density at radius 3 is 2.76 bits per heavy atom. The molecule has 2 heterocycles. The highest BCUT2D eigenvalue weighted by molar-refractivity contribution is 6.36. The molecule has 0 unspecified atom stereocenters. The van der Waals surface area contributed by atoms with Crippen molar-refractivity contribution in [2.75, 3.05) is 17.2 Å². The van der Waals surface area contributed by atoms with Crippen LogP contribution in [0.15, 0.2) is 18.3 Å². The monoisotopic (exact) mass is 384 g/mol. The lowest BCUT2D eigenvalue weighted by atomic mass is 10.3. The maximum Gasteiger partial charge on any atom is 0.225 e. The molecule has 1 atom stereocenters. The molecule has 3 rings (SSSR count). The van der Waals surface area contributed by atoms with Gasteiger partial charge in [0.05, 0.1) is 23.5 Å². The van der Waals surface area contributed by atoms with Crippen LogP contribution in [0.2, 0.25) is 10.0 Å². The Kier molecular flexibility index (Phi) is 4.94. The smallest absolute Gasteiger partial charge is 0.225 e. The third-order valence-electron chi connectivity index (χ3n) is 3.50. The van der Waals surface area contributed by atoms with Gasteiger partial charge in [-0.2, -0.15) is 4.98 Å². The standard InChI is InChI=1S/C15H15Cl2FN6O/c1-7(6-25)20-14-19-5-11-13(23-14)24(2)15(21-11)22-12-9(17)3-8(16)4-10(12)18/h3-5,7,25H,6H2,1-2H3,(H,21,22)(H,19,20,23)/t7-/m0/s1. The van der Waals surface area contributed by atoms with E-state index in [1.54, 1.807) is 24.7 Å². The molecule has 3 aromatic rings. The molecular formula is C15H15Cl2FN6O. The van der Waals surface area contributed by atoms with E-state index in [2.05, 4.69) is 25.6 Å². The summed E-state index contributed by atoms with van der Waals surface area (Å²) in [6.07, 6.45) is 1.54. The molecule has 3 N–H and O–H groups in total. The first-order valence-electron chi connectivity index (χ1n) is 7.37. The fraction of sp³-hybridized carbons (Fsp3) is 0.267. The van der Waals surface area contributed by atoms with E-state index in [4.69, 9.17) is 28.3 Å². The number of nitrogens with zero attached hydrogens (tertiary/aromatic N) is 4. The maximum atomic E-state index is 14.1. The number of aromatic nitrogens is 4. The van der Waals surface area contributed by atoms with Gasteiger partial charge in [0.15, 0.2) is 5.65 Å². The average molecular weight is 385 g/mol. The van der Waals surface area contributed by atoms with E-state index in [0.29, 0.717) is 23.1 Å². The highest BCUT2D eigenvalue weighted by Gasteiger charge is 2.15. The summed E-state index contributed by atoms with van der Waals surface area (Å²) in [5, 5.41) is 15.3. The van der Waals surface area contributed by atoms with E-state index in [-0.39, 0.29) is 28.4 Å². The van der Waals surface area contributed by atoms with Gasteiger partial charge >= 0.3 is 0 Å². The second kappa shape index (κ2) is 6.99. The summed E-state index contributed by atoms with van der Waals surface area (Å²) in [7, 11) is 1.73. The highest BCUT2D eigenvalue weighted by atomic mass is 35.5. The summed E-state index contributed by atoms with van der Waals surface area (Å²) >= 11 is 11.8. The molecule has 0 aliphatic rings. The van der Waals surface area contributed by atoms with Crippen molar-refractivity contribution in [1.29, 1.82) is 0 Å². The Morgan fingerprint density at radius 1 is 1.32 bits per heavy atom. The zero-order chi connectivity index (χ0) is 18.1. The number of rotatable bonds is 5. The van der Waals surface area contributed by atoms with Crippen LogP contribution in [0.4, 0.5) is 22.0 Å². The highest BCUT2D eigenvalue weighted by Crippen LogP contribution is 2.31. The maximum absolute atomic E-state index is 14.1. The van der Waals surface area contributed by atoms with E-state index in [1.807, 2.05) is 0 Å². The van der Waals surface area contributed by atoms with E-state index < -0.39 is 5.82 Å². The van der Waals surface area contributed by atoms with Gasteiger partial charge in [0.25, 0.3) is 0 Å². The molecule has 10 heteroatoms. The van der Waals surface area contributed by atoms with Gasteiger partial charge in [-0.25, -0.2) is 14.4 Å². The number of aliphatic hydroxyl groups excluding tert-OH is 1. The number of benzene rings is 1. The number of aliphatic hydroxyl groups is 1. The number of hydrogen-bond acceptors (Lipinski definition) is 6. The van der Waals surface area contributed by atoms with Gasteiger partial charge in [0.2, 0.25) is 11.9 Å². The van der Waals surface area contributed by atoms with Crippen molar-refractivity contribution in [2.24, 2.45) is 7.05 Å². The number of fused-ring (bicyclic) bond motifs is 1. The van der Waals surface area contributed by atoms with Gasteiger partial charge < -0.3 is 15.7 Å². The van der Waals surface area contributed by atoms with Crippen molar-refractivity contribution in [2.45, 2.75) is 13.0 Å². The van der Waals surface area contributed by atoms with Gasteiger partial charge in [-0.15, -0.1) is 0 Å². The molecule has 0 saturated heterocycles. The molecule has 0 aliphatic heterocycles. The molecule has 25 heavy (non-hydrogen) atoms. The molecular weight excluding hydrogens is 370 g/mol. The molecule has 7 nitrogen and oxygen atoms in total. The van der Waals surface area contributed by atoms with Crippen LogP contribution in [0.5, 0.6) is 0 Å². The number of aryl methyl sites for hydroxylation is 1. The van der Waals surface area contributed by atoms with Gasteiger partial charge in [-0.1, -0.05) is 23.2 Å². The third-order valence-corrected chi connectivity index (χ3v) is 4.02. The number of anilines is 3. The quantitative estimate of drug-likeness (QED) is 0.625. The van der Waals surface area contributed by atoms with E-state index in [9.17, 15) is 4.39 Å². The SMILES string of the molecule is C[C@@H](CO)Nc1ncc2nc(Nc3c(F)cc(Cl)cc3Cl)n(C)c2n1. The number of halogens is 3. The van der Waals surface area contributed by atoms with Crippen molar-refractivity contribution >= 4 is 51.9 Å². The second-order valence-corrected chi connectivity index (χ2v) is 6.34. The molecule has 0 spiro atoms. The normalized spacial score (nSPS) is 12.4. The lowest BCUT2D eigenvalue weighted by molar-refractivity contribution is 0.281. The number of imidazole rings is 1. The first-order chi connectivity index (χ1) is 11.9. The summed E-state index contributed by atoms with van der Waals surface area (Å²) in [6.45, 7) is 1.75. The number of nitrogens with one attached hydrogen (secondary N) is 2. The zero-order valence-electron chi connectivity index (χ0n) is 13.4. The van der Waals surface area contributed by atoms with Crippen molar-refractivity contribution in [3.05, 3.63) is 34.2 Å². The van der Waals surface area contributed by atoms with Crippen molar-refractivity contribution in [3.63, 3.8) is 0 Å². The Bertz CT molecular complexity index is 909. The second-order valence-electron chi connectivity index (χ2n) is 5.49. The predicted octanol–water partition coefficient (Wildman–Crippen LogP) is 3.35. The summed E-state index contributed by atoms with van der Waals surface area (Å²) in [5.74, 6) is 0.119.